The van der Waals surface area contributed by atoms with Gasteiger partial charge in [0.15, 0.2) is 5.96 Å². The van der Waals surface area contributed by atoms with E-state index >= 15 is 0 Å². The van der Waals surface area contributed by atoms with Gasteiger partial charge in [-0.3, -0.25) is 9.79 Å². The summed E-state index contributed by atoms with van der Waals surface area (Å²) in [5, 5.41) is 3.25. The molecule has 0 aliphatic carbocycles. The molecule has 0 spiro atoms. The zero-order valence-electron chi connectivity index (χ0n) is 17.2. The number of guanidine groups is 1. The fraction of sp³-hybridized carbons (Fsp3) is 0.882. The second-order valence-electron chi connectivity index (χ2n) is 7.86. The Hall–Kier alpha value is -0.660. The molecule has 0 aromatic heterocycles. The van der Waals surface area contributed by atoms with Crippen molar-refractivity contribution in [2.45, 2.75) is 32.2 Å². The Morgan fingerprint density at radius 2 is 1.71 bits per heavy atom. The summed E-state index contributed by atoms with van der Waals surface area (Å²) in [5.74, 6) is 1.02. The first-order valence-electron chi connectivity index (χ1n) is 9.42. The van der Waals surface area contributed by atoms with E-state index in [0.717, 1.165) is 38.1 Å². The smallest absolute Gasteiger partial charge is 0.225 e. The van der Waals surface area contributed by atoms with Gasteiger partial charge in [-0.05, 0) is 26.7 Å². The Bertz CT molecular complexity index is 642. The molecule has 9 nitrogen and oxygen atoms in total. The third-order valence-corrected chi connectivity index (χ3v) is 5.75. The number of hydrogen-bond donors (Lipinski definition) is 2. The van der Waals surface area contributed by atoms with Gasteiger partial charge < -0.3 is 19.9 Å². The third kappa shape index (κ3) is 7.99. The minimum absolute atomic E-state index is 0. The summed E-state index contributed by atoms with van der Waals surface area (Å²) in [7, 11) is -1.57. The van der Waals surface area contributed by atoms with E-state index in [4.69, 9.17) is 4.74 Å². The van der Waals surface area contributed by atoms with E-state index in [1.165, 1.54) is 0 Å². The number of piperidine rings is 1. The maximum atomic E-state index is 12.6. The van der Waals surface area contributed by atoms with Gasteiger partial charge in [-0.25, -0.2) is 13.1 Å². The van der Waals surface area contributed by atoms with Crippen molar-refractivity contribution in [3.63, 3.8) is 0 Å². The first-order chi connectivity index (χ1) is 12.6. The molecular formula is C17H34IN5O4S. The highest BCUT2D eigenvalue weighted by Crippen LogP contribution is 2.20. The fourth-order valence-electron chi connectivity index (χ4n) is 3.55. The lowest BCUT2D eigenvalue weighted by Gasteiger charge is -2.37. The molecule has 2 saturated heterocycles. The average molecular weight is 531 g/mol. The number of sulfonamides is 1. The Labute approximate surface area is 185 Å². The molecule has 2 heterocycles. The van der Waals surface area contributed by atoms with E-state index in [1.54, 1.807) is 7.05 Å². The Morgan fingerprint density at radius 1 is 1.14 bits per heavy atom. The molecule has 2 aliphatic heterocycles. The molecule has 1 amide bonds. The molecule has 28 heavy (non-hydrogen) atoms. The van der Waals surface area contributed by atoms with Crippen molar-refractivity contribution < 1.29 is 17.9 Å². The van der Waals surface area contributed by atoms with Crippen LogP contribution in [0, 0.1) is 5.92 Å². The molecule has 0 unspecified atom stereocenters. The number of nitrogens with one attached hydrogen (secondary N) is 2. The fourth-order valence-corrected chi connectivity index (χ4v) is 4.63. The molecule has 0 aromatic carbocycles. The van der Waals surface area contributed by atoms with Crippen LogP contribution in [0.15, 0.2) is 4.99 Å². The highest BCUT2D eigenvalue weighted by molar-refractivity contribution is 14.0. The lowest BCUT2D eigenvalue weighted by molar-refractivity contribution is -0.140. The SMILES string of the molecule is CN=C(NCC(C)(C)NS(C)(=O)=O)N1CCC(C(=O)N2CCOCC2)CC1.I. The molecule has 2 rings (SSSR count). The van der Waals surface area contributed by atoms with Gasteiger partial charge >= 0.3 is 0 Å². The van der Waals surface area contributed by atoms with Crippen molar-refractivity contribution in [2.24, 2.45) is 10.9 Å². The van der Waals surface area contributed by atoms with Crippen molar-refractivity contribution in [1.29, 1.82) is 0 Å². The van der Waals surface area contributed by atoms with Gasteiger partial charge in [0.2, 0.25) is 15.9 Å². The number of hydrogen-bond acceptors (Lipinski definition) is 5. The van der Waals surface area contributed by atoms with E-state index in [1.807, 2.05) is 18.7 Å². The number of carbonyl (C=O) groups excluding carboxylic acids is 1. The van der Waals surface area contributed by atoms with E-state index in [-0.39, 0.29) is 35.8 Å². The first kappa shape index (κ1) is 25.4. The normalized spacial score (nSPS) is 19.9. The molecule has 0 radical (unpaired) electrons. The van der Waals surface area contributed by atoms with Crippen molar-refractivity contribution in [1.82, 2.24) is 19.8 Å². The predicted octanol–water partition coefficient (Wildman–Crippen LogP) is 0.0784. The minimum Gasteiger partial charge on any atom is -0.378 e. The summed E-state index contributed by atoms with van der Waals surface area (Å²) in [5.41, 5.74) is -0.631. The average Bonchev–Trinajstić information content (AvgIpc) is 2.61. The predicted molar refractivity (Wildman–Crippen MR) is 121 cm³/mol. The number of likely N-dealkylation sites (tertiary alicyclic amines) is 1. The molecule has 0 saturated carbocycles. The maximum absolute atomic E-state index is 12.6. The van der Waals surface area contributed by atoms with Crippen LogP contribution >= 0.6 is 24.0 Å². The van der Waals surface area contributed by atoms with Crippen molar-refractivity contribution in [2.75, 3.05) is 59.2 Å². The molecule has 11 heteroatoms. The summed E-state index contributed by atoms with van der Waals surface area (Å²) in [6, 6.07) is 0. The van der Waals surface area contributed by atoms with Gasteiger partial charge in [0.25, 0.3) is 0 Å². The summed E-state index contributed by atoms with van der Waals surface area (Å²) in [6.07, 6.45) is 2.74. The van der Waals surface area contributed by atoms with Gasteiger partial charge in [0, 0.05) is 51.2 Å². The number of rotatable bonds is 5. The third-order valence-electron chi connectivity index (χ3n) is 4.83. The van der Waals surface area contributed by atoms with Crippen LogP contribution in [-0.4, -0.2) is 94.9 Å². The lowest BCUT2D eigenvalue weighted by Crippen LogP contribution is -2.55. The highest BCUT2D eigenvalue weighted by atomic mass is 127. The molecule has 0 bridgehead atoms. The molecule has 164 valence electrons. The summed E-state index contributed by atoms with van der Waals surface area (Å²) >= 11 is 0. The van der Waals surface area contributed by atoms with Crippen molar-refractivity contribution in [3.8, 4) is 0 Å². The molecule has 2 fully saturated rings. The van der Waals surface area contributed by atoms with Crippen LogP contribution in [0.4, 0.5) is 0 Å². The standard InChI is InChI=1S/C17H33N5O4S.HI/c1-17(2,20-27(4,24)25)13-19-16(18-3)22-7-5-14(6-8-22)15(23)21-9-11-26-12-10-21;/h14,20H,5-13H2,1-4H3,(H,18,19);1H. The second-order valence-corrected chi connectivity index (χ2v) is 9.61. The topological polar surface area (TPSA) is 103 Å². The van der Waals surface area contributed by atoms with Gasteiger partial charge in [0.1, 0.15) is 0 Å². The first-order valence-corrected chi connectivity index (χ1v) is 11.3. The van der Waals surface area contributed by atoms with Crippen LogP contribution in [0.25, 0.3) is 0 Å². The number of halogens is 1. The van der Waals surface area contributed by atoms with E-state index in [9.17, 15) is 13.2 Å². The number of aliphatic imine (C=N–C) groups is 1. The van der Waals surface area contributed by atoms with E-state index < -0.39 is 15.6 Å². The van der Waals surface area contributed by atoms with Gasteiger partial charge in [-0.2, -0.15) is 0 Å². The quantitative estimate of drug-likeness (QED) is 0.296. The molecular weight excluding hydrogens is 497 g/mol. The molecule has 0 aromatic rings. The van der Waals surface area contributed by atoms with Gasteiger partial charge in [0.05, 0.1) is 19.5 Å². The van der Waals surface area contributed by atoms with Crippen LogP contribution in [-0.2, 0) is 19.6 Å². The van der Waals surface area contributed by atoms with Gasteiger partial charge in [-0.1, -0.05) is 0 Å². The molecule has 2 aliphatic rings. The van der Waals surface area contributed by atoms with Crippen LogP contribution < -0.4 is 10.0 Å². The largest absolute Gasteiger partial charge is 0.378 e. The summed E-state index contributed by atoms with van der Waals surface area (Å²) < 4.78 is 30.9. The Balaban J connectivity index is 0.00000392. The van der Waals surface area contributed by atoms with E-state index in [0.29, 0.717) is 32.8 Å². The maximum Gasteiger partial charge on any atom is 0.225 e. The number of amides is 1. The van der Waals surface area contributed by atoms with E-state index in [2.05, 4.69) is 19.9 Å². The van der Waals surface area contributed by atoms with Crippen molar-refractivity contribution in [3.05, 3.63) is 0 Å². The van der Waals surface area contributed by atoms with Crippen LogP contribution in [0.2, 0.25) is 0 Å². The van der Waals surface area contributed by atoms with Crippen LogP contribution in [0.3, 0.4) is 0 Å². The van der Waals surface area contributed by atoms with Crippen LogP contribution in [0.5, 0.6) is 0 Å². The zero-order chi connectivity index (χ0) is 20.1. The number of carbonyl (C=O) groups is 1. The number of nitrogens with zero attached hydrogens (tertiary/aromatic N) is 3. The lowest BCUT2D eigenvalue weighted by atomic mass is 9.95. The number of ether oxygens (including phenoxy) is 1. The zero-order valence-corrected chi connectivity index (χ0v) is 20.4. The number of morpholine rings is 1. The second kappa shape index (κ2) is 10.9. The minimum atomic E-state index is -3.28. The van der Waals surface area contributed by atoms with Crippen molar-refractivity contribution >= 4 is 45.9 Å². The summed E-state index contributed by atoms with van der Waals surface area (Å²) in [4.78, 5) is 21.0. The van der Waals surface area contributed by atoms with Gasteiger partial charge in [-0.15, -0.1) is 24.0 Å². The monoisotopic (exact) mass is 531 g/mol. The molecule has 0 atom stereocenters. The summed E-state index contributed by atoms with van der Waals surface area (Å²) in [6.45, 7) is 8.18. The Kier molecular flexibility index (Phi) is 9.90. The highest BCUT2D eigenvalue weighted by Gasteiger charge is 2.31. The Morgan fingerprint density at radius 3 is 2.21 bits per heavy atom. The van der Waals surface area contributed by atoms with Crippen LogP contribution in [0.1, 0.15) is 26.7 Å². The molecule has 2 N–H and O–H groups in total.